The van der Waals surface area contributed by atoms with Crippen molar-refractivity contribution in [3.8, 4) is 45.8 Å². The van der Waals surface area contributed by atoms with Gasteiger partial charge in [0.2, 0.25) is 23.2 Å². The van der Waals surface area contributed by atoms with Crippen LogP contribution in [0.1, 0.15) is 0 Å². The average Bonchev–Trinajstić information content (AvgIpc) is 2.83. The van der Waals surface area contributed by atoms with Crippen molar-refractivity contribution in [2.24, 2.45) is 0 Å². The first-order valence-corrected chi connectivity index (χ1v) is 10.2. The van der Waals surface area contributed by atoms with E-state index in [1.807, 2.05) is 0 Å². The van der Waals surface area contributed by atoms with Crippen molar-refractivity contribution in [3.05, 3.63) is 34.5 Å². The number of rotatable bonds is 5. The molecule has 5 atom stereocenters. The van der Waals surface area contributed by atoms with Crippen molar-refractivity contribution in [3.63, 3.8) is 0 Å². The summed E-state index contributed by atoms with van der Waals surface area (Å²) < 4.78 is 21.3. The molecular formula is C22H22O13. The molecule has 13 nitrogen and oxygen atoms in total. The lowest BCUT2D eigenvalue weighted by Gasteiger charge is -2.39. The number of fused-ring (bicyclic) bond motifs is 1. The summed E-state index contributed by atoms with van der Waals surface area (Å²) in [5.74, 6) is -3.57. The third-order valence-electron chi connectivity index (χ3n) is 5.56. The SMILES string of the molecule is COc1cc(-c2oc3cc(OC4OC(CO)C(O)C(O)C4O)cc(O)c3c(=O)c2O)cc(O)c1O. The van der Waals surface area contributed by atoms with Crippen LogP contribution in [0.4, 0.5) is 0 Å². The molecular weight excluding hydrogens is 472 g/mol. The van der Waals surface area contributed by atoms with Gasteiger partial charge in [-0.15, -0.1) is 0 Å². The molecule has 0 aliphatic carbocycles. The molecule has 35 heavy (non-hydrogen) atoms. The summed E-state index contributed by atoms with van der Waals surface area (Å²) in [4.78, 5) is 12.8. The van der Waals surface area contributed by atoms with Gasteiger partial charge in [0, 0.05) is 17.7 Å². The molecule has 1 aliphatic heterocycles. The molecule has 0 amide bonds. The minimum absolute atomic E-state index is 0.0478. The van der Waals surface area contributed by atoms with Crippen LogP contribution in [-0.4, -0.2) is 85.3 Å². The average molecular weight is 494 g/mol. The zero-order valence-electron chi connectivity index (χ0n) is 18.0. The third kappa shape index (κ3) is 4.15. The van der Waals surface area contributed by atoms with Gasteiger partial charge in [0.1, 0.15) is 46.9 Å². The van der Waals surface area contributed by atoms with E-state index in [-0.39, 0.29) is 22.6 Å². The predicted octanol–water partition coefficient (Wildman–Crippen LogP) is -0.530. The quantitative estimate of drug-likeness (QED) is 0.209. The van der Waals surface area contributed by atoms with Gasteiger partial charge in [-0.05, 0) is 12.1 Å². The van der Waals surface area contributed by atoms with Gasteiger partial charge in [-0.2, -0.15) is 0 Å². The number of aliphatic hydroxyl groups is 4. The van der Waals surface area contributed by atoms with E-state index in [2.05, 4.69) is 0 Å². The summed E-state index contributed by atoms with van der Waals surface area (Å²) in [6.07, 6.45) is -7.88. The van der Waals surface area contributed by atoms with Gasteiger partial charge in [-0.1, -0.05) is 0 Å². The lowest BCUT2D eigenvalue weighted by Crippen LogP contribution is -2.60. The molecule has 188 valence electrons. The number of phenols is 3. The van der Waals surface area contributed by atoms with Gasteiger partial charge in [-0.3, -0.25) is 4.79 Å². The number of phenolic OH excluding ortho intramolecular Hbond substituents is 3. The normalized spacial score (nSPS) is 24.4. The molecule has 0 spiro atoms. The first-order chi connectivity index (χ1) is 16.6. The minimum Gasteiger partial charge on any atom is -0.507 e. The maximum absolute atomic E-state index is 12.8. The second-order valence-corrected chi connectivity index (χ2v) is 7.79. The standard InChI is InChI=1S/C22H22O13/c1-32-12-3-7(2-10(25)15(12)26)21-19(30)17(28)14-9(24)4-8(5-11(14)34-21)33-22-20(31)18(29)16(27)13(6-23)35-22/h2-5,13,16,18,20,22-27,29-31H,6H2,1H3. The van der Waals surface area contributed by atoms with E-state index in [4.69, 9.17) is 18.6 Å². The van der Waals surface area contributed by atoms with Crippen molar-refractivity contribution in [2.45, 2.75) is 30.7 Å². The van der Waals surface area contributed by atoms with Crippen molar-refractivity contribution in [1.82, 2.24) is 0 Å². The lowest BCUT2D eigenvalue weighted by molar-refractivity contribution is -0.277. The third-order valence-corrected chi connectivity index (χ3v) is 5.56. The Bertz CT molecular complexity index is 1320. The van der Waals surface area contributed by atoms with Crippen LogP contribution >= 0.6 is 0 Å². The molecule has 3 aromatic rings. The highest BCUT2D eigenvalue weighted by molar-refractivity contribution is 5.88. The molecule has 1 aliphatic rings. The summed E-state index contributed by atoms with van der Waals surface area (Å²) in [5, 5.41) is 79.5. The van der Waals surface area contributed by atoms with E-state index in [0.29, 0.717) is 0 Å². The predicted molar refractivity (Wildman–Crippen MR) is 116 cm³/mol. The molecule has 4 rings (SSSR count). The highest BCUT2D eigenvalue weighted by Crippen LogP contribution is 2.42. The van der Waals surface area contributed by atoms with E-state index < -0.39 is 76.9 Å². The monoisotopic (exact) mass is 494 g/mol. The van der Waals surface area contributed by atoms with E-state index in [0.717, 1.165) is 18.2 Å². The Kier molecular flexibility index (Phi) is 6.36. The van der Waals surface area contributed by atoms with Crippen LogP contribution in [0, 0.1) is 0 Å². The second kappa shape index (κ2) is 9.13. The summed E-state index contributed by atoms with van der Waals surface area (Å²) in [5.41, 5.74) is -1.35. The van der Waals surface area contributed by atoms with Crippen molar-refractivity contribution < 1.29 is 59.5 Å². The fourth-order valence-corrected chi connectivity index (χ4v) is 3.71. The van der Waals surface area contributed by atoms with Crippen LogP contribution in [0.25, 0.3) is 22.3 Å². The molecule has 2 aromatic carbocycles. The van der Waals surface area contributed by atoms with Crippen LogP contribution < -0.4 is 14.9 Å². The number of aromatic hydroxyl groups is 4. The maximum atomic E-state index is 12.8. The number of ether oxygens (including phenoxy) is 3. The van der Waals surface area contributed by atoms with Crippen LogP contribution in [0.5, 0.6) is 34.5 Å². The lowest BCUT2D eigenvalue weighted by atomic mass is 9.99. The Balaban J connectivity index is 1.79. The van der Waals surface area contributed by atoms with Crippen molar-refractivity contribution in [1.29, 1.82) is 0 Å². The Morgan fingerprint density at radius 1 is 0.914 bits per heavy atom. The summed E-state index contributed by atoms with van der Waals surface area (Å²) in [7, 11) is 1.22. The molecule has 8 N–H and O–H groups in total. The minimum atomic E-state index is -1.74. The molecule has 0 radical (unpaired) electrons. The van der Waals surface area contributed by atoms with Gasteiger partial charge < -0.3 is 59.5 Å². The Labute approximate surface area is 195 Å². The highest BCUT2D eigenvalue weighted by atomic mass is 16.7. The van der Waals surface area contributed by atoms with Crippen LogP contribution in [0.15, 0.2) is 33.5 Å². The Hall–Kier alpha value is -3.75. The second-order valence-electron chi connectivity index (χ2n) is 7.79. The Morgan fingerprint density at radius 2 is 1.63 bits per heavy atom. The summed E-state index contributed by atoms with van der Waals surface area (Å²) in [6.45, 7) is -0.686. The van der Waals surface area contributed by atoms with E-state index >= 15 is 0 Å². The van der Waals surface area contributed by atoms with Gasteiger partial charge in [0.15, 0.2) is 17.3 Å². The topological polar surface area (TPSA) is 220 Å². The van der Waals surface area contributed by atoms with E-state index in [1.165, 1.54) is 13.2 Å². The maximum Gasteiger partial charge on any atom is 0.238 e. The van der Waals surface area contributed by atoms with E-state index in [1.54, 1.807) is 0 Å². The number of hydrogen-bond donors (Lipinski definition) is 8. The van der Waals surface area contributed by atoms with Gasteiger partial charge in [-0.25, -0.2) is 0 Å². The fraction of sp³-hybridized carbons (Fsp3) is 0.318. The van der Waals surface area contributed by atoms with Crippen molar-refractivity contribution in [2.75, 3.05) is 13.7 Å². The van der Waals surface area contributed by atoms with Crippen LogP contribution in [0.2, 0.25) is 0 Å². The highest BCUT2D eigenvalue weighted by Gasteiger charge is 2.44. The van der Waals surface area contributed by atoms with E-state index in [9.17, 15) is 45.6 Å². The van der Waals surface area contributed by atoms with Gasteiger partial charge >= 0.3 is 0 Å². The molecule has 13 heteroatoms. The van der Waals surface area contributed by atoms with Crippen LogP contribution in [-0.2, 0) is 4.74 Å². The number of benzene rings is 2. The molecule has 0 saturated carbocycles. The first-order valence-electron chi connectivity index (χ1n) is 10.2. The molecule has 5 unspecified atom stereocenters. The first kappa shape index (κ1) is 24.4. The zero-order valence-corrected chi connectivity index (χ0v) is 18.0. The largest absolute Gasteiger partial charge is 0.507 e. The molecule has 1 fully saturated rings. The molecule has 2 heterocycles. The van der Waals surface area contributed by atoms with Crippen LogP contribution in [0.3, 0.4) is 0 Å². The molecule has 0 bridgehead atoms. The van der Waals surface area contributed by atoms with Gasteiger partial charge in [0.25, 0.3) is 0 Å². The number of aliphatic hydroxyl groups excluding tert-OH is 4. The van der Waals surface area contributed by atoms with Gasteiger partial charge in [0.05, 0.1) is 13.7 Å². The fourth-order valence-electron chi connectivity index (χ4n) is 3.71. The molecule has 1 saturated heterocycles. The van der Waals surface area contributed by atoms with Crippen molar-refractivity contribution >= 4 is 11.0 Å². The number of methoxy groups -OCH3 is 1. The smallest absolute Gasteiger partial charge is 0.238 e. The Morgan fingerprint density at radius 3 is 2.29 bits per heavy atom. The zero-order chi connectivity index (χ0) is 25.6. The summed E-state index contributed by atoms with van der Waals surface area (Å²) >= 11 is 0. The number of hydrogen-bond acceptors (Lipinski definition) is 13. The summed E-state index contributed by atoms with van der Waals surface area (Å²) in [6, 6.07) is 4.29. The molecule has 1 aromatic heterocycles.